The highest BCUT2D eigenvalue weighted by atomic mass is 16.2. The normalized spacial score (nSPS) is 25.5. The lowest BCUT2D eigenvalue weighted by atomic mass is 9.86. The van der Waals surface area contributed by atoms with Gasteiger partial charge in [-0.3, -0.25) is 9.59 Å². The number of anilines is 1. The summed E-state index contributed by atoms with van der Waals surface area (Å²) in [5, 5.41) is 5.91. The zero-order valence-corrected chi connectivity index (χ0v) is 14.9. The molecular formula is C20H28N2O2. The van der Waals surface area contributed by atoms with Crippen molar-refractivity contribution in [3.8, 4) is 0 Å². The predicted octanol–water partition coefficient (Wildman–Crippen LogP) is 3.98. The lowest BCUT2D eigenvalue weighted by molar-refractivity contribution is -0.117. The van der Waals surface area contributed by atoms with Crippen LogP contribution in [0.2, 0.25) is 0 Å². The third-order valence-corrected chi connectivity index (χ3v) is 5.25. The fourth-order valence-electron chi connectivity index (χ4n) is 4.19. The van der Waals surface area contributed by atoms with E-state index in [1.54, 1.807) is 24.3 Å². The Labute approximate surface area is 144 Å². The van der Waals surface area contributed by atoms with Gasteiger partial charge in [0.2, 0.25) is 5.91 Å². The molecule has 2 aliphatic rings. The van der Waals surface area contributed by atoms with Crippen molar-refractivity contribution in [3.05, 3.63) is 29.8 Å². The minimum absolute atomic E-state index is 0.0950. The van der Waals surface area contributed by atoms with Crippen molar-refractivity contribution < 1.29 is 9.59 Å². The fraction of sp³-hybridized carbons (Fsp3) is 0.600. The summed E-state index contributed by atoms with van der Waals surface area (Å²) in [6.45, 7) is 5.86. The van der Waals surface area contributed by atoms with Crippen LogP contribution in [-0.4, -0.2) is 17.4 Å². The summed E-state index contributed by atoms with van der Waals surface area (Å²) in [6, 6.07) is 7.12. The summed E-state index contributed by atoms with van der Waals surface area (Å²) in [5.41, 5.74) is 1.11. The van der Waals surface area contributed by atoms with E-state index in [-0.39, 0.29) is 17.4 Å². The van der Waals surface area contributed by atoms with E-state index in [2.05, 4.69) is 10.6 Å². The van der Waals surface area contributed by atoms with Crippen molar-refractivity contribution >= 4 is 17.5 Å². The van der Waals surface area contributed by atoms with E-state index in [0.717, 1.165) is 17.5 Å². The second-order valence-corrected chi connectivity index (χ2v) is 8.47. The Kier molecular flexibility index (Phi) is 4.66. The van der Waals surface area contributed by atoms with E-state index in [1.165, 1.54) is 25.7 Å². The number of rotatable bonds is 4. The molecule has 4 heteroatoms. The number of nitrogens with one attached hydrogen (secondary N) is 2. The van der Waals surface area contributed by atoms with Gasteiger partial charge in [0.05, 0.1) is 0 Å². The molecule has 4 nitrogen and oxygen atoms in total. The van der Waals surface area contributed by atoms with Gasteiger partial charge in [-0.15, -0.1) is 0 Å². The minimum atomic E-state index is -0.259. The van der Waals surface area contributed by atoms with Gasteiger partial charge >= 0.3 is 0 Å². The summed E-state index contributed by atoms with van der Waals surface area (Å²) < 4.78 is 0. The molecule has 3 atom stereocenters. The quantitative estimate of drug-likeness (QED) is 0.878. The topological polar surface area (TPSA) is 58.2 Å². The van der Waals surface area contributed by atoms with Crippen molar-refractivity contribution in [2.75, 3.05) is 5.32 Å². The molecule has 130 valence electrons. The van der Waals surface area contributed by atoms with E-state index in [4.69, 9.17) is 0 Å². The van der Waals surface area contributed by atoms with Crippen LogP contribution < -0.4 is 10.6 Å². The Morgan fingerprint density at radius 1 is 1.08 bits per heavy atom. The Morgan fingerprint density at radius 3 is 2.33 bits per heavy atom. The first-order valence-corrected chi connectivity index (χ1v) is 9.02. The maximum Gasteiger partial charge on any atom is 0.251 e. The molecule has 1 aromatic carbocycles. The molecule has 0 spiro atoms. The Balaban J connectivity index is 1.52. The van der Waals surface area contributed by atoms with E-state index in [9.17, 15) is 9.59 Å². The zero-order valence-electron chi connectivity index (χ0n) is 14.9. The van der Waals surface area contributed by atoms with Gasteiger partial charge in [0.25, 0.3) is 5.91 Å². The molecule has 2 saturated carbocycles. The van der Waals surface area contributed by atoms with Crippen LogP contribution in [0.25, 0.3) is 0 Å². The first-order valence-electron chi connectivity index (χ1n) is 9.02. The van der Waals surface area contributed by atoms with Crippen LogP contribution in [0.5, 0.6) is 0 Å². The molecule has 1 aromatic rings. The van der Waals surface area contributed by atoms with Gasteiger partial charge in [-0.2, -0.15) is 0 Å². The molecule has 2 aliphatic carbocycles. The number of fused-ring (bicyclic) bond motifs is 2. The van der Waals surface area contributed by atoms with E-state index >= 15 is 0 Å². The van der Waals surface area contributed by atoms with Crippen molar-refractivity contribution in [1.29, 1.82) is 0 Å². The predicted molar refractivity (Wildman–Crippen MR) is 95.8 cm³/mol. The third kappa shape index (κ3) is 4.16. The molecule has 0 heterocycles. The molecular weight excluding hydrogens is 300 g/mol. The Morgan fingerprint density at radius 2 is 1.79 bits per heavy atom. The van der Waals surface area contributed by atoms with Gasteiger partial charge in [0.15, 0.2) is 0 Å². The molecule has 0 saturated heterocycles. The largest absolute Gasteiger partial charge is 0.347 e. The highest BCUT2D eigenvalue weighted by Crippen LogP contribution is 2.49. The first-order chi connectivity index (χ1) is 11.3. The average molecular weight is 328 g/mol. The summed E-state index contributed by atoms with van der Waals surface area (Å²) in [5.74, 6) is 2.21. The molecule has 2 amide bonds. The summed E-state index contributed by atoms with van der Waals surface area (Å²) in [6.07, 6.45) is 5.86. The van der Waals surface area contributed by atoms with Gasteiger partial charge in [0.1, 0.15) is 0 Å². The Hall–Kier alpha value is -1.84. The molecule has 2 bridgehead atoms. The maximum absolute atomic E-state index is 12.3. The molecule has 0 aromatic heterocycles. The zero-order chi connectivity index (χ0) is 17.3. The Bertz CT molecular complexity index is 616. The lowest BCUT2D eigenvalue weighted by Crippen LogP contribution is -2.40. The van der Waals surface area contributed by atoms with Crippen molar-refractivity contribution in [2.45, 2.75) is 58.4 Å². The summed E-state index contributed by atoms with van der Waals surface area (Å²) >= 11 is 0. The number of amides is 2. The highest BCUT2D eigenvalue weighted by molar-refractivity contribution is 5.96. The number of carbonyl (C=O) groups excluding carboxylic acids is 2. The van der Waals surface area contributed by atoms with E-state index < -0.39 is 0 Å². The molecule has 2 fully saturated rings. The average Bonchev–Trinajstić information content (AvgIpc) is 3.08. The molecule has 3 rings (SSSR count). The van der Waals surface area contributed by atoms with Gasteiger partial charge in [0, 0.05) is 23.2 Å². The van der Waals surface area contributed by atoms with Crippen LogP contribution in [0.4, 0.5) is 5.69 Å². The van der Waals surface area contributed by atoms with Gasteiger partial charge < -0.3 is 10.6 Å². The standard InChI is InChI=1S/C20H28N2O2/c1-20(2,3)22-19(24)14-6-8-17(9-7-14)21-18(23)12-16-11-13-4-5-15(16)10-13/h6-9,13,15-16H,4-5,10-12H2,1-3H3,(H,21,23)(H,22,24). The highest BCUT2D eigenvalue weighted by Gasteiger charge is 2.40. The smallest absolute Gasteiger partial charge is 0.251 e. The summed E-state index contributed by atoms with van der Waals surface area (Å²) in [4.78, 5) is 24.4. The SMILES string of the molecule is CC(C)(C)NC(=O)c1ccc(NC(=O)CC2CC3CCC2C3)cc1. The second kappa shape index (κ2) is 6.58. The fourth-order valence-corrected chi connectivity index (χ4v) is 4.19. The van der Waals surface area contributed by atoms with E-state index in [1.807, 2.05) is 20.8 Å². The van der Waals surface area contributed by atoms with Crippen LogP contribution in [0.1, 0.15) is 63.2 Å². The number of carbonyl (C=O) groups is 2. The number of hydrogen-bond acceptors (Lipinski definition) is 2. The van der Waals surface area contributed by atoms with E-state index in [0.29, 0.717) is 17.9 Å². The molecule has 0 radical (unpaired) electrons. The van der Waals surface area contributed by atoms with Crippen LogP contribution in [0, 0.1) is 17.8 Å². The van der Waals surface area contributed by atoms with Crippen LogP contribution in [0.3, 0.4) is 0 Å². The second-order valence-electron chi connectivity index (χ2n) is 8.47. The van der Waals surface area contributed by atoms with Crippen LogP contribution >= 0.6 is 0 Å². The van der Waals surface area contributed by atoms with Crippen LogP contribution in [-0.2, 0) is 4.79 Å². The van der Waals surface area contributed by atoms with Gasteiger partial charge in [-0.05, 0) is 82.1 Å². The van der Waals surface area contributed by atoms with Gasteiger partial charge in [-0.25, -0.2) is 0 Å². The van der Waals surface area contributed by atoms with Gasteiger partial charge in [-0.1, -0.05) is 6.42 Å². The molecule has 24 heavy (non-hydrogen) atoms. The first kappa shape index (κ1) is 17.0. The third-order valence-electron chi connectivity index (χ3n) is 5.25. The van der Waals surface area contributed by atoms with Crippen molar-refractivity contribution in [1.82, 2.24) is 5.32 Å². The monoisotopic (exact) mass is 328 g/mol. The summed E-state index contributed by atoms with van der Waals surface area (Å²) in [7, 11) is 0. The minimum Gasteiger partial charge on any atom is -0.347 e. The number of benzene rings is 1. The van der Waals surface area contributed by atoms with Crippen molar-refractivity contribution in [2.24, 2.45) is 17.8 Å². The molecule has 2 N–H and O–H groups in total. The van der Waals surface area contributed by atoms with Crippen molar-refractivity contribution in [3.63, 3.8) is 0 Å². The molecule has 0 aliphatic heterocycles. The number of hydrogen-bond donors (Lipinski definition) is 2. The lowest BCUT2D eigenvalue weighted by Gasteiger charge is -2.21. The maximum atomic E-state index is 12.3. The molecule has 3 unspecified atom stereocenters. The van der Waals surface area contributed by atoms with Crippen LogP contribution in [0.15, 0.2) is 24.3 Å².